The molecular weight excluding hydrogens is 302 g/mol. The molecule has 1 aliphatic rings. The van der Waals surface area contributed by atoms with Crippen LogP contribution in [0, 0.1) is 13.8 Å². The van der Waals surface area contributed by atoms with Crippen LogP contribution in [-0.4, -0.2) is 56.7 Å². The largest absolute Gasteiger partial charge is 0.338 e. The van der Waals surface area contributed by atoms with Crippen molar-refractivity contribution in [2.45, 2.75) is 33.4 Å². The van der Waals surface area contributed by atoms with Crippen LogP contribution in [0.5, 0.6) is 0 Å². The van der Waals surface area contributed by atoms with Gasteiger partial charge in [-0.25, -0.2) is 0 Å². The van der Waals surface area contributed by atoms with Crippen LogP contribution < -0.4 is 0 Å². The van der Waals surface area contributed by atoms with Crippen molar-refractivity contribution < 1.29 is 4.79 Å². The van der Waals surface area contributed by atoms with Gasteiger partial charge in [0, 0.05) is 44.6 Å². The average Bonchev–Trinajstić information content (AvgIpc) is 2.93. The molecule has 2 aromatic heterocycles. The van der Waals surface area contributed by atoms with Crippen LogP contribution >= 0.6 is 0 Å². The van der Waals surface area contributed by atoms with Crippen LogP contribution in [-0.2, 0) is 11.3 Å². The molecule has 0 aliphatic carbocycles. The van der Waals surface area contributed by atoms with Crippen LogP contribution in [0.3, 0.4) is 0 Å². The van der Waals surface area contributed by atoms with Gasteiger partial charge in [-0.1, -0.05) is 6.07 Å². The van der Waals surface area contributed by atoms with Crippen molar-refractivity contribution in [1.29, 1.82) is 0 Å². The Morgan fingerprint density at radius 2 is 1.96 bits per heavy atom. The summed E-state index contributed by atoms with van der Waals surface area (Å²) in [7, 11) is 0. The first kappa shape index (κ1) is 16.6. The predicted molar refractivity (Wildman–Crippen MR) is 92.5 cm³/mol. The molecular formula is C18H25N5O. The second-order valence-corrected chi connectivity index (χ2v) is 6.47. The van der Waals surface area contributed by atoms with Crippen molar-refractivity contribution in [3.05, 3.63) is 47.5 Å². The van der Waals surface area contributed by atoms with Crippen LogP contribution in [0.25, 0.3) is 0 Å². The van der Waals surface area contributed by atoms with E-state index >= 15 is 0 Å². The third kappa shape index (κ3) is 3.64. The molecule has 3 rings (SSSR count). The van der Waals surface area contributed by atoms with Gasteiger partial charge in [0.1, 0.15) is 6.04 Å². The molecule has 1 fully saturated rings. The Labute approximate surface area is 143 Å². The Morgan fingerprint density at radius 1 is 1.21 bits per heavy atom. The van der Waals surface area contributed by atoms with Crippen molar-refractivity contribution in [2.24, 2.45) is 0 Å². The number of amides is 1. The van der Waals surface area contributed by atoms with Crippen LogP contribution in [0.1, 0.15) is 30.0 Å². The molecule has 2 aromatic rings. The topological polar surface area (TPSA) is 54.3 Å². The van der Waals surface area contributed by atoms with Crippen molar-refractivity contribution in [3.63, 3.8) is 0 Å². The normalized spacial score (nSPS) is 17.0. The maximum atomic E-state index is 12.8. The fourth-order valence-corrected chi connectivity index (χ4v) is 3.25. The summed E-state index contributed by atoms with van der Waals surface area (Å²) >= 11 is 0. The van der Waals surface area contributed by atoms with E-state index in [2.05, 4.69) is 15.0 Å². The van der Waals surface area contributed by atoms with Gasteiger partial charge < -0.3 is 4.90 Å². The zero-order valence-electron chi connectivity index (χ0n) is 14.6. The van der Waals surface area contributed by atoms with E-state index in [1.54, 1.807) is 0 Å². The van der Waals surface area contributed by atoms with Gasteiger partial charge in [-0.2, -0.15) is 5.10 Å². The summed E-state index contributed by atoms with van der Waals surface area (Å²) in [6, 6.07) is 7.75. The Bertz CT molecular complexity index is 689. The molecule has 1 saturated heterocycles. The number of carbonyl (C=O) groups excluding carboxylic acids is 1. The molecule has 0 bridgehead atoms. The van der Waals surface area contributed by atoms with Crippen molar-refractivity contribution >= 4 is 5.91 Å². The summed E-state index contributed by atoms with van der Waals surface area (Å²) in [4.78, 5) is 21.4. The molecule has 1 unspecified atom stereocenters. The number of hydrogen-bond donors (Lipinski definition) is 0. The van der Waals surface area contributed by atoms with Crippen LogP contribution in [0.2, 0.25) is 0 Å². The van der Waals surface area contributed by atoms with E-state index in [-0.39, 0.29) is 11.9 Å². The Balaban J connectivity index is 1.56. The number of aryl methyl sites for hydroxylation is 2. The molecule has 0 spiro atoms. The first-order chi connectivity index (χ1) is 11.5. The van der Waals surface area contributed by atoms with E-state index in [1.165, 1.54) is 0 Å². The second-order valence-electron chi connectivity index (χ2n) is 6.47. The van der Waals surface area contributed by atoms with Gasteiger partial charge in [-0.15, -0.1) is 0 Å². The highest BCUT2D eigenvalue weighted by Crippen LogP contribution is 2.16. The first-order valence-electron chi connectivity index (χ1n) is 8.48. The van der Waals surface area contributed by atoms with Crippen LogP contribution in [0.15, 0.2) is 30.5 Å². The Hall–Kier alpha value is -2.21. The molecule has 3 heterocycles. The van der Waals surface area contributed by atoms with Crippen molar-refractivity contribution in [3.8, 4) is 0 Å². The predicted octanol–water partition coefficient (Wildman–Crippen LogP) is 1.80. The lowest BCUT2D eigenvalue weighted by molar-refractivity contribution is -0.136. The fraction of sp³-hybridized carbons (Fsp3) is 0.500. The number of nitrogens with zero attached hydrogens (tertiary/aromatic N) is 5. The molecule has 0 radical (unpaired) electrons. The Morgan fingerprint density at radius 3 is 2.54 bits per heavy atom. The highest BCUT2D eigenvalue weighted by atomic mass is 16.2. The second kappa shape index (κ2) is 7.13. The molecule has 6 nitrogen and oxygen atoms in total. The Kier molecular flexibility index (Phi) is 4.94. The molecule has 6 heteroatoms. The quantitative estimate of drug-likeness (QED) is 0.859. The number of rotatable bonds is 4. The first-order valence-corrected chi connectivity index (χ1v) is 8.48. The summed E-state index contributed by atoms with van der Waals surface area (Å²) in [5.41, 5.74) is 3.06. The summed E-state index contributed by atoms with van der Waals surface area (Å²) in [5, 5.41) is 4.45. The van der Waals surface area contributed by atoms with E-state index in [9.17, 15) is 4.79 Å². The van der Waals surface area contributed by atoms with E-state index in [0.29, 0.717) is 0 Å². The smallest absolute Gasteiger partial charge is 0.247 e. The molecule has 128 valence electrons. The molecule has 1 amide bonds. The van der Waals surface area contributed by atoms with E-state index in [1.807, 2.05) is 60.8 Å². The lowest BCUT2D eigenvalue weighted by Crippen LogP contribution is -2.50. The standard InChI is InChI=1S/C18H25N5O/c1-14-12-15(2)23(20-14)16(3)18(24)22-10-8-21(9-11-22)13-17-6-4-5-7-19-17/h4-7,12,16H,8-11,13H2,1-3H3. The zero-order valence-corrected chi connectivity index (χ0v) is 14.6. The SMILES string of the molecule is Cc1cc(C)n(C(C)C(=O)N2CCN(Cc3ccccn3)CC2)n1. The van der Waals surface area contributed by atoms with Crippen molar-refractivity contribution in [1.82, 2.24) is 24.6 Å². The number of aromatic nitrogens is 3. The fourth-order valence-electron chi connectivity index (χ4n) is 3.25. The maximum absolute atomic E-state index is 12.8. The molecule has 0 N–H and O–H groups in total. The van der Waals surface area contributed by atoms with E-state index < -0.39 is 0 Å². The van der Waals surface area contributed by atoms with Gasteiger partial charge in [0.2, 0.25) is 5.91 Å². The third-order valence-electron chi connectivity index (χ3n) is 4.56. The number of carbonyl (C=O) groups is 1. The molecule has 0 aromatic carbocycles. The average molecular weight is 327 g/mol. The minimum absolute atomic E-state index is 0.152. The summed E-state index contributed by atoms with van der Waals surface area (Å²) in [6.45, 7) is 10.0. The van der Waals surface area contributed by atoms with Gasteiger partial charge in [-0.3, -0.25) is 19.4 Å². The van der Waals surface area contributed by atoms with E-state index in [0.717, 1.165) is 49.8 Å². The lowest BCUT2D eigenvalue weighted by atomic mass is 10.2. The minimum Gasteiger partial charge on any atom is -0.338 e. The zero-order chi connectivity index (χ0) is 17.1. The highest BCUT2D eigenvalue weighted by molar-refractivity contribution is 5.80. The number of pyridine rings is 1. The van der Waals surface area contributed by atoms with E-state index in [4.69, 9.17) is 0 Å². The molecule has 1 atom stereocenters. The highest BCUT2D eigenvalue weighted by Gasteiger charge is 2.27. The minimum atomic E-state index is -0.249. The van der Waals surface area contributed by atoms with Crippen LogP contribution in [0.4, 0.5) is 0 Å². The van der Waals surface area contributed by atoms with Gasteiger partial charge in [0.25, 0.3) is 0 Å². The van der Waals surface area contributed by atoms with Gasteiger partial charge in [-0.05, 0) is 39.0 Å². The summed E-state index contributed by atoms with van der Waals surface area (Å²) in [5.74, 6) is 0.152. The number of piperazine rings is 1. The van der Waals surface area contributed by atoms with Gasteiger partial charge in [0.15, 0.2) is 0 Å². The molecule has 1 aliphatic heterocycles. The van der Waals surface area contributed by atoms with Gasteiger partial charge >= 0.3 is 0 Å². The molecule has 24 heavy (non-hydrogen) atoms. The third-order valence-corrected chi connectivity index (χ3v) is 4.56. The van der Waals surface area contributed by atoms with Gasteiger partial charge in [0.05, 0.1) is 11.4 Å². The summed E-state index contributed by atoms with van der Waals surface area (Å²) in [6.07, 6.45) is 1.82. The summed E-state index contributed by atoms with van der Waals surface area (Å²) < 4.78 is 1.83. The maximum Gasteiger partial charge on any atom is 0.247 e. The lowest BCUT2D eigenvalue weighted by Gasteiger charge is -2.35. The number of hydrogen-bond acceptors (Lipinski definition) is 4. The van der Waals surface area contributed by atoms with Crippen molar-refractivity contribution in [2.75, 3.05) is 26.2 Å². The molecule has 0 saturated carbocycles. The monoisotopic (exact) mass is 327 g/mol.